The number of hydrogen-bond donors (Lipinski definition) is 1. The van der Waals surface area contributed by atoms with E-state index in [1.807, 2.05) is 0 Å². The summed E-state index contributed by atoms with van der Waals surface area (Å²) in [4.78, 5) is 24.3. The molecule has 0 aliphatic carbocycles. The van der Waals surface area contributed by atoms with Crippen molar-refractivity contribution in [3.8, 4) is 0 Å². The molecule has 0 saturated heterocycles. The lowest BCUT2D eigenvalue weighted by molar-refractivity contribution is 0.0244. The summed E-state index contributed by atoms with van der Waals surface area (Å²) in [5.41, 5.74) is 0.171. The zero-order chi connectivity index (χ0) is 24.9. The molecule has 1 unspecified atom stereocenters. The molecule has 4 heteroatoms. The Morgan fingerprint density at radius 1 is 0.647 bits per heavy atom. The average molecular weight is 475 g/mol. The Hall–Kier alpha value is -1.84. The van der Waals surface area contributed by atoms with Crippen molar-refractivity contribution in [1.29, 1.82) is 0 Å². The molecule has 1 atom stereocenters. The van der Waals surface area contributed by atoms with Crippen LogP contribution in [-0.2, 0) is 4.74 Å². The summed E-state index contributed by atoms with van der Waals surface area (Å²) in [5, 5.41) is 9.41. The van der Waals surface area contributed by atoms with Gasteiger partial charge in [-0.1, -0.05) is 122 Å². The molecule has 0 saturated carbocycles. The number of hydrogen-bond acceptors (Lipinski definition) is 3. The third-order valence-electron chi connectivity index (χ3n) is 6.66. The van der Waals surface area contributed by atoms with Crippen molar-refractivity contribution < 1.29 is 19.4 Å². The van der Waals surface area contributed by atoms with Gasteiger partial charge in [0.2, 0.25) is 0 Å². The average Bonchev–Trinajstić information content (AvgIpc) is 2.84. The number of carbonyl (C=O) groups is 2. The normalized spacial score (nSPS) is 11.9. The maximum atomic E-state index is 12.8. The van der Waals surface area contributed by atoms with E-state index in [1.54, 1.807) is 18.2 Å². The van der Waals surface area contributed by atoms with Crippen LogP contribution in [0.2, 0.25) is 0 Å². The maximum absolute atomic E-state index is 12.8. The molecule has 0 aromatic heterocycles. The predicted octanol–water partition coefficient (Wildman–Crippen LogP) is 9.36. The number of ether oxygens (including phenoxy) is 1. The van der Waals surface area contributed by atoms with Crippen LogP contribution in [0.4, 0.5) is 0 Å². The van der Waals surface area contributed by atoms with Gasteiger partial charge in [0.15, 0.2) is 0 Å². The number of rotatable bonds is 22. The molecule has 1 aromatic rings. The lowest BCUT2D eigenvalue weighted by Gasteiger charge is -2.19. The highest BCUT2D eigenvalue weighted by Gasteiger charge is 2.20. The first kappa shape index (κ1) is 30.2. The number of carboxylic acids is 1. The molecular weight excluding hydrogens is 424 g/mol. The van der Waals surface area contributed by atoms with Crippen LogP contribution in [0.3, 0.4) is 0 Å². The molecule has 0 spiro atoms. The molecule has 1 aromatic carbocycles. The molecule has 0 aliphatic rings. The first-order chi connectivity index (χ1) is 16.6. The number of aromatic carboxylic acids is 1. The number of carbonyl (C=O) groups excluding carboxylic acids is 1. The van der Waals surface area contributed by atoms with E-state index in [4.69, 9.17) is 4.74 Å². The topological polar surface area (TPSA) is 63.6 Å². The molecule has 1 rings (SSSR count). The number of benzene rings is 1. The third-order valence-corrected chi connectivity index (χ3v) is 6.66. The fraction of sp³-hybridized carbons (Fsp3) is 0.733. The smallest absolute Gasteiger partial charge is 0.339 e. The van der Waals surface area contributed by atoms with Crippen molar-refractivity contribution in [3.63, 3.8) is 0 Å². The minimum Gasteiger partial charge on any atom is -0.478 e. The Kier molecular flexibility index (Phi) is 18.2. The van der Waals surface area contributed by atoms with Gasteiger partial charge < -0.3 is 9.84 Å². The van der Waals surface area contributed by atoms with Gasteiger partial charge in [0, 0.05) is 0 Å². The van der Waals surface area contributed by atoms with Gasteiger partial charge in [0.05, 0.1) is 11.1 Å². The van der Waals surface area contributed by atoms with E-state index < -0.39 is 11.9 Å². The summed E-state index contributed by atoms with van der Waals surface area (Å²) < 4.78 is 5.86. The fourth-order valence-corrected chi connectivity index (χ4v) is 4.51. The largest absolute Gasteiger partial charge is 0.478 e. The molecule has 1 N–H and O–H groups in total. The summed E-state index contributed by atoms with van der Waals surface area (Å²) in [7, 11) is 0. The Labute approximate surface area is 208 Å². The van der Waals surface area contributed by atoms with Crippen LogP contribution in [0.15, 0.2) is 24.3 Å². The van der Waals surface area contributed by atoms with E-state index in [-0.39, 0.29) is 17.2 Å². The molecule has 0 heterocycles. The number of esters is 1. The molecule has 0 amide bonds. The first-order valence-corrected chi connectivity index (χ1v) is 14.1. The second-order valence-electron chi connectivity index (χ2n) is 9.76. The monoisotopic (exact) mass is 474 g/mol. The van der Waals surface area contributed by atoms with Gasteiger partial charge in [-0.15, -0.1) is 0 Å². The van der Waals surface area contributed by atoms with Gasteiger partial charge >= 0.3 is 11.9 Å². The van der Waals surface area contributed by atoms with Crippen LogP contribution < -0.4 is 0 Å². The van der Waals surface area contributed by atoms with Gasteiger partial charge in [-0.2, -0.15) is 0 Å². The molecule has 194 valence electrons. The second kappa shape index (κ2) is 20.5. The number of carboxylic acid groups (broad SMARTS) is 1. The van der Waals surface area contributed by atoms with Crippen molar-refractivity contribution in [2.75, 3.05) is 0 Å². The molecular formula is C30H50O4. The van der Waals surface area contributed by atoms with E-state index in [1.165, 1.54) is 102 Å². The Balaban J connectivity index is 2.45. The van der Waals surface area contributed by atoms with Crippen LogP contribution in [0.25, 0.3) is 0 Å². The van der Waals surface area contributed by atoms with Gasteiger partial charge in [0.25, 0.3) is 0 Å². The summed E-state index contributed by atoms with van der Waals surface area (Å²) >= 11 is 0. The van der Waals surface area contributed by atoms with E-state index in [0.717, 1.165) is 25.7 Å². The quantitative estimate of drug-likeness (QED) is 0.134. The molecule has 0 fully saturated rings. The van der Waals surface area contributed by atoms with Crippen LogP contribution in [0.1, 0.15) is 157 Å². The Bertz CT molecular complexity index is 655. The van der Waals surface area contributed by atoms with E-state index in [9.17, 15) is 14.7 Å². The summed E-state index contributed by atoms with van der Waals surface area (Å²) in [6, 6.07) is 6.35. The fourth-order valence-electron chi connectivity index (χ4n) is 4.51. The standard InChI is InChI=1S/C30H50O4/c1-3-5-7-9-11-13-15-17-19-23-26(22-18-16-14-12-10-8-6-4-2)34-30(33)28-25-21-20-24-27(28)29(31)32/h20-21,24-26H,3-19,22-23H2,1-2H3,(H,31,32). The lowest BCUT2D eigenvalue weighted by Crippen LogP contribution is -2.20. The Morgan fingerprint density at radius 3 is 1.44 bits per heavy atom. The van der Waals surface area contributed by atoms with Crippen LogP contribution >= 0.6 is 0 Å². The van der Waals surface area contributed by atoms with Crippen molar-refractivity contribution >= 4 is 11.9 Å². The lowest BCUT2D eigenvalue weighted by atomic mass is 10.0. The Morgan fingerprint density at radius 2 is 1.03 bits per heavy atom. The number of unbranched alkanes of at least 4 members (excludes halogenated alkanes) is 15. The van der Waals surface area contributed by atoms with Crippen LogP contribution in [0, 0.1) is 0 Å². The van der Waals surface area contributed by atoms with Crippen molar-refractivity contribution in [2.45, 2.75) is 142 Å². The highest BCUT2D eigenvalue weighted by Crippen LogP contribution is 2.20. The first-order valence-electron chi connectivity index (χ1n) is 14.1. The van der Waals surface area contributed by atoms with Crippen LogP contribution in [0.5, 0.6) is 0 Å². The van der Waals surface area contributed by atoms with Gasteiger partial charge in [-0.05, 0) is 37.8 Å². The van der Waals surface area contributed by atoms with Crippen molar-refractivity contribution in [1.82, 2.24) is 0 Å². The van der Waals surface area contributed by atoms with E-state index in [2.05, 4.69) is 13.8 Å². The predicted molar refractivity (Wildman–Crippen MR) is 142 cm³/mol. The minimum absolute atomic E-state index is 0.0152. The molecule has 34 heavy (non-hydrogen) atoms. The summed E-state index contributed by atoms with van der Waals surface area (Å²) in [5.74, 6) is -1.59. The zero-order valence-electron chi connectivity index (χ0n) is 22.0. The molecule has 0 radical (unpaired) electrons. The highest BCUT2D eigenvalue weighted by molar-refractivity contribution is 6.02. The van der Waals surface area contributed by atoms with E-state index in [0.29, 0.717) is 0 Å². The minimum atomic E-state index is -1.09. The third kappa shape index (κ3) is 14.4. The molecule has 0 bridgehead atoms. The van der Waals surface area contributed by atoms with Crippen molar-refractivity contribution in [2.24, 2.45) is 0 Å². The summed E-state index contributed by atoms with van der Waals surface area (Å²) in [6.07, 6.45) is 23.0. The van der Waals surface area contributed by atoms with Gasteiger partial charge in [-0.25, -0.2) is 9.59 Å². The van der Waals surface area contributed by atoms with E-state index >= 15 is 0 Å². The molecule has 0 aliphatic heterocycles. The van der Waals surface area contributed by atoms with Crippen molar-refractivity contribution in [3.05, 3.63) is 35.4 Å². The van der Waals surface area contributed by atoms with Gasteiger partial charge in [0.1, 0.15) is 6.10 Å². The van der Waals surface area contributed by atoms with Gasteiger partial charge in [-0.3, -0.25) is 0 Å². The molecule has 4 nitrogen and oxygen atoms in total. The summed E-state index contributed by atoms with van der Waals surface area (Å²) in [6.45, 7) is 4.49. The SMILES string of the molecule is CCCCCCCCCCCC(CCCCCCCCCC)OC(=O)c1ccccc1C(=O)O. The van der Waals surface area contributed by atoms with Crippen LogP contribution in [-0.4, -0.2) is 23.1 Å². The zero-order valence-corrected chi connectivity index (χ0v) is 22.0. The maximum Gasteiger partial charge on any atom is 0.339 e. The highest BCUT2D eigenvalue weighted by atomic mass is 16.5. The second-order valence-corrected chi connectivity index (χ2v) is 9.76.